The van der Waals surface area contributed by atoms with Gasteiger partial charge >= 0.3 is 5.97 Å². The van der Waals surface area contributed by atoms with Crippen molar-refractivity contribution in [2.45, 2.75) is 25.1 Å². The van der Waals surface area contributed by atoms with E-state index in [1.165, 1.54) is 0 Å². The molecule has 0 aliphatic carbocycles. The summed E-state index contributed by atoms with van der Waals surface area (Å²) in [5.74, 6) is -0.0360. The Balaban J connectivity index is 1.58. The zero-order chi connectivity index (χ0) is 15.4. The number of ether oxygens (including phenoxy) is 1. The molecule has 2 atom stereocenters. The van der Waals surface area contributed by atoms with Gasteiger partial charge in [-0.1, -0.05) is 42.5 Å². The first-order chi connectivity index (χ1) is 10.7. The summed E-state index contributed by atoms with van der Waals surface area (Å²) in [6.07, 6.45) is 0.527. The molecule has 0 radical (unpaired) electrons. The first kappa shape index (κ1) is 14.6. The summed E-state index contributed by atoms with van der Waals surface area (Å²) >= 11 is 0. The van der Waals surface area contributed by atoms with Gasteiger partial charge in [-0.25, -0.2) is 10.9 Å². The lowest BCUT2D eigenvalue weighted by Crippen LogP contribution is -2.36. The van der Waals surface area contributed by atoms with Gasteiger partial charge in [0.05, 0.1) is 0 Å². The number of benzene rings is 2. The molecule has 3 rings (SSSR count). The van der Waals surface area contributed by atoms with Crippen LogP contribution in [0.5, 0.6) is 5.75 Å². The monoisotopic (exact) mass is 298 g/mol. The predicted molar refractivity (Wildman–Crippen MR) is 82.3 cm³/mol. The smallest absolute Gasteiger partial charge is 0.322 e. The maximum Gasteiger partial charge on any atom is 0.322 e. The molecule has 0 bridgehead atoms. The van der Waals surface area contributed by atoms with Crippen LogP contribution in [0, 0.1) is 0 Å². The quantitative estimate of drug-likeness (QED) is 0.790. The molecule has 22 heavy (non-hydrogen) atoms. The predicted octanol–water partition coefficient (Wildman–Crippen LogP) is 2.26. The first-order valence-corrected chi connectivity index (χ1v) is 7.23. The van der Waals surface area contributed by atoms with Gasteiger partial charge in [0.2, 0.25) is 0 Å². The third kappa shape index (κ3) is 3.44. The molecule has 5 nitrogen and oxygen atoms in total. The van der Waals surface area contributed by atoms with Crippen LogP contribution in [0.2, 0.25) is 0 Å². The van der Waals surface area contributed by atoms with Crippen LogP contribution in [-0.4, -0.2) is 17.1 Å². The second-order valence-corrected chi connectivity index (χ2v) is 5.31. The molecular weight excluding hydrogens is 280 g/mol. The molecule has 5 heteroatoms. The first-order valence-electron chi connectivity index (χ1n) is 7.23. The lowest BCUT2D eigenvalue weighted by Gasteiger charge is -2.11. The van der Waals surface area contributed by atoms with Crippen molar-refractivity contribution in [3.05, 3.63) is 65.7 Å². The molecule has 1 aliphatic heterocycles. The van der Waals surface area contributed by atoms with Gasteiger partial charge in [-0.2, -0.15) is 0 Å². The minimum atomic E-state index is -0.835. The summed E-state index contributed by atoms with van der Waals surface area (Å²) in [5.41, 5.74) is 7.96. The van der Waals surface area contributed by atoms with E-state index in [0.29, 0.717) is 13.0 Å². The van der Waals surface area contributed by atoms with E-state index in [4.69, 9.17) is 9.84 Å². The van der Waals surface area contributed by atoms with E-state index in [-0.39, 0.29) is 6.04 Å². The molecule has 0 spiro atoms. The highest BCUT2D eigenvalue weighted by molar-refractivity contribution is 5.73. The van der Waals surface area contributed by atoms with E-state index in [9.17, 15) is 4.79 Å². The molecule has 2 unspecified atom stereocenters. The van der Waals surface area contributed by atoms with E-state index in [1.807, 2.05) is 54.6 Å². The van der Waals surface area contributed by atoms with Crippen molar-refractivity contribution >= 4 is 5.97 Å². The molecule has 0 amide bonds. The summed E-state index contributed by atoms with van der Waals surface area (Å²) in [6.45, 7) is 0.532. The van der Waals surface area contributed by atoms with Crippen LogP contribution in [0.15, 0.2) is 54.6 Å². The van der Waals surface area contributed by atoms with E-state index in [0.717, 1.165) is 16.9 Å². The molecule has 114 valence electrons. The lowest BCUT2D eigenvalue weighted by molar-refractivity contribution is -0.139. The third-order valence-electron chi connectivity index (χ3n) is 3.73. The molecule has 1 saturated heterocycles. The summed E-state index contributed by atoms with van der Waals surface area (Å²) in [6, 6.07) is 17.2. The Morgan fingerprint density at radius 3 is 2.45 bits per heavy atom. The number of carbonyl (C=O) groups is 1. The summed E-state index contributed by atoms with van der Waals surface area (Å²) < 4.78 is 5.74. The van der Waals surface area contributed by atoms with Gasteiger partial charge in [0.15, 0.2) is 0 Å². The molecule has 2 aromatic rings. The number of hydrogen-bond acceptors (Lipinski definition) is 4. The van der Waals surface area contributed by atoms with E-state index in [2.05, 4.69) is 10.9 Å². The summed E-state index contributed by atoms with van der Waals surface area (Å²) in [5, 5.41) is 8.98. The summed E-state index contributed by atoms with van der Waals surface area (Å²) in [7, 11) is 0. The fourth-order valence-corrected chi connectivity index (χ4v) is 2.47. The Labute approximate surface area is 128 Å². The van der Waals surface area contributed by atoms with Crippen LogP contribution in [0.25, 0.3) is 0 Å². The van der Waals surface area contributed by atoms with Gasteiger partial charge in [0.25, 0.3) is 0 Å². The van der Waals surface area contributed by atoms with Gasteiger partial charge in [0.1, 0.15) is 18.4 Å². The number of rotatable bonds is 5. The second-order valence-electron chi connectivity index (χ2n) is 5.31. The van der Waals surface area contributed by atoms with Crippen molar-refractivity contribution in [3.8, 4) is 5.75 Å². The van der Waals surface area contributed by atoms with Crippen LogP contribution >= 0.6 is 0 Å². The van der Waals surface area contributed by atoms with Crippen LogP contribution in [0.4, 0.5) is 0 Å². The highest BCUT2D eigenvalue weighted by atomic mass is 16.5. The molecular formula is C17H18N2O3. The normalized spacial score (nSPS) is 20.7. The topological polar surface area (TPSA) is 70.6 Å². The lowest BCUT2D eigenvalue weighted by atomic mass is 10.0. The number of hydrogen-bond donors (Lipinski definition) is 3. The SMILES string of the molecule is O=C(O)C1CC(c2ccc(OCc3ccccc3)cc2)NN1. The average molecular weight is 298 g/mol. The Morgan fingerprint density at radius 2 is 1.82 bits per heavy atom. The van der Waals surface area contributed by atoms with Crippen molar-refractivity contribution in [1.82, 2.24) is 10.9 Å². The molecule has 1 aliphatic rings. The largest absolute Gasteiger partial charge is 0.489 e. The Kier molecular flexibility index (Phi) is 4.37. The average Bonchev–Trinajstić information content (AvgIpc) is 3.05. The zero-order valence-electron chi connectivity index (χ0n) is 12.0. The van der Waals surface area contributed by atoms with Crippen molar-refractivity contribution in [1.29, 1.82) is 0 Å². The molecule has 2 aromatic carbocycles. The van der Waals surface area contributed by atoms with Crippen molar-refractivity contribution in [2.24, 2.45) is 0 Å². The number of hydrazine groups is 1. The van der Waals surface area contributed by atoms with E-state index < -0.39 is 12.0 Å². The number of carboxylic acid groups (broad SMARTS) is 1. The van der Waals surface area contributed by atoms with Gasteiger partial charge in [-0.3, -0.25) is 4.79 Å². The number of nitrogens with one attached hydrogen (secondary N) is 2. The van der Waals surface area contributed by atoms with E-state index >= 15 is 0 Å². The van der Waals surface area contributed by atoms with Crippen molar-refractivity contribution < 1.29 is 14.6 Å². The van der Waals surface area contributed by atoms with Gasteiger partial charge in [-0.05, 0) is 29.7 Å². The molecule has 1 heterocycles. The van der Waals surface area contributed by atoms with Crippen LogP contribution in [0.1, 0.15) is 23.6 Å². The highest BCUT2D eigenvalue weighted by Crippen LogP contribution is 2.24. The number of carboxylic acids is 1. The Morgan fingerprint density at radius 1 is 1.09 bits per heavy atom. The van der Waals surface area contributed by atoms with Gasteiger partial charge in [0, 0.05) is 6.04 Å². The van der Waals surface area contributed by atoms with Gasteiger partial charge in [-0.15, -0.1) is 0 Å². The third-order valence-corrected chi connectivity index (χ3v) is 3.73. The van der Waals surface area contributed by atoms with Crippen LogP contribution < -0.4 is 15.6 Å². The highest BCUT2D eigenvalue weighted by Gasteiger charge is 2.29. The number of aliphatic carboxylic acids is 1. The van der Waals surface area contributed by atoms with Crippen LogP contribution in [-0.2, 0) is 11.4 Å². The summed E-state index contributed by atoms with van der Waals surface area (Å²) in [4.78, 5) is 10.9. The Bertz CT molecular complexity index is 628. The second kappa shape index (κ2) is 6.60. The molecule has 0 saturated carbocycles. The zero-order valence-corrected chi connectivity index (χ0v) is 12.0. The maximum atomic E-state index is 10.9. The molecule has 3 N–H and O–H groups in total. The van der Waals surface area contributed by atoms with Crippen molar-refractivity contribution in [3.63, 3.8) is 0 Å². The maximum absolute atomic E-state index is 10.9. The minimum absolute atomic E-state index is 0.00396. The Hall–Kier alpha value is -2.37. The van der Waals surface area contributed by atoms with Crippen LogP contribution in [0.3, 0.4) is 0 Å². The minimum Gasteiger partial charge on any atom is -0.489 e. The standard InChI is InChI=1S/C17H18N2O3/c20-17(21)16-10-15(18-19-16)13-6-8-14(9-7-13)22-11-12-4-2-1-3-5-12/h1-9,15-16,18-19H,10-11H2,(H,20,21). The fraction of sp³-hybridized carbons (Fsp3) is 0.235. The molecule has 0 aromatic heterocycles. The van der Waals surface area contributed by atoms with E-state index in [1.54, 1.807) is 0 Å². The fourth-order valence-electron chi connectivity index (χ4n) is 2.47. The molecule has 1 fully saturated rings. The van der Waals surface area contributed by atoms with Crippen molar-refractivity contribution in [2.75, 3.05) is 0 Å². The van der Waals surface area contributed by atoms with Gasteiger partial charge < -0.3 is 9.84 Å².